The van der Waals surface area contributed by atoms with E-state index in [0.29, 0.717) is 5.28 Å². The van der Waals surface area contributed by atoms with E-state index in [2.05, 4.69) is 42.0 Å². The van der Waals surface area contributed by atoms with Crippen LogP contribution in [0.5, 0.6) is 0 Å². The van der Waals surface area contributed by atoms with Crippen molar-refractivity contribution in [1.29, 1.82) is 0 Å². The molecule has 0 atom stereocenters. The minimum atomic E-state index is 0.291. The van der Waals surface area contributed by atoms with E-state index in [1.165, 1.54) is 11.1 Å². The summed E-state index contributed by atoms with van der Waals surface area (Å²) < 4.78 is 0. The smallest absolute Gasteiger partial charge is 0.222 e. The first kappa shape index (κ1) is 11.1. The van der Waals surface area contributed by atoms with Crippen LogP contribution >= 0.6 is 11.6 Å². The summed E-state index contributed by atoms with van der Waals surface area (Å²) in [5.74, 6) is 0. The molecule has 0 aliphatic carbocycles. The van der Waals surface area contributed by atoms with E-state index in [4.69, 9.17) is 11.6 Å². The van der Waals surface area contributed by atoms with Gasteiger partial charge in [0.1, 0.15) is 0 Å². The Hall–Kier alpha value is -1.41. The van der Waals surface area contributed by atoms with Crippen LogP contribution in [0.15, 0.2) is 24.4 Å². The molecule has 3 heteroatoms. The number of rotatable bonds is 1. The van der Waals surface area contributed by atoms with Gasteiger partial charge in [-0.05, 0) is 50.1 Å². The fourth-order valence-electron chi connectivity index (χ4n) is 1.82. The Labute approximate surface area is 100 Å². The SMILES string of the molecule is Cc1cc(C)cc(-c2nc(Cl)ncc2C)c1. The van der Waals surface area contributed by atoms with E-state index in [-0.39, 0.29) is 0 Å². The molecule has 0 saturated heterocycles. The monoisotopic (exact) mass is 232 g/mol. The Morgan fingerprint density at radius 2 is 1.62 bits per heavy atom. The second-order valence-corrected chi connectivity index (χ2v) is 4.39. The lowest BCUT2D eigenvalue weighted by atomic mass is 10.0. The van der Waals surface area contributed by atoms with Crippen LogP contribution < -0.4 is 0 Å². The van der Waals surface area contributed by atoms with Gasteiger partial charge in [-0.25, -0.2) is 9.97 Å². The van der Waals surface area contributed by atoms with E-state index in [0.717, 1.165) is 16.8 Å². The second-order valence-electron chi connectivity index (χ2n) is 4.05. The van der Waals surface area contributed by atoms with Gasteiger partial charge < -0.3 is 0 Å². The Kier molecular flexibility index (Phi) is 2.92. The first-order valence-corrected chi connectivity index (χ1v) is 5.52. The lowest BCUT2D eigenvalue weighted by molar-refractivity contribution is 1.13. The number of aromatic nitrogens is 2. The molecule has 0 saturated carbocycles. The maximum atomic E-state index is 5.82. The maximum Gasteiger partial charge on any atom is 0.222 e. The van der Waals surface area contributed by atoms with Crippen molar-refractivity contribution in [3.05, 3.63) is 46.4 Å². The van der Waals surface area contributed by atoms with Gasteiger partial charge in [0.2, 0.25) is 5.28 Å². The fraction of sp³-hybridized carbons (Fsp3) is 0.231. The van der Waals surface area contributed by atoms with Gasteiger partial charge in [-0.1, -0.05) is 17.2 Å². The highest BCUT2D eigenvalue weighted by atomic mass is 35.5. The number of benzene rings is 1. The number of hydrogen-bond donors (Lipinski definition) is 0. The summed E-state index contributed by atoms with van der Waals surface area (Å²) in [6.45, 7) is 6.15. The van der Waals surface area contributed by atoms with Crippen LogP contribution in [0.4, 0.5) is 0 Å². The van der Waals surface area contributed by atoms with Crippen molar-refractivity contribution >= 4 is 11.6 Å². The highest BCUT2D eigenvalue weighted by Gasteiger charge is 2.06. The molecule has 16 heavy (non-hydrogen) atoms. The first-order chi connectivity index (χ1) is 7.56. The van der Waals surface area contributed by atoms with Crippen molar-refractivity contribution < 1.29 is 0 Å². The highest BCUT2D eigenvalue weighted by molar-refractivity contribution is 6.28. The fourth-order valence-corrected chi connectivity index (χ4v) is 1.96. The van der Waals surface area contributed by atoms with Crippen LogP contribution in [0, 0.1) is 20.8 Å². The zero-order valence-electron chi connectivity index (χ0n) is 9.58. The summed E-state index contributed by atoms with van der Waals surface area (Å²) >= 11 is 5.82. The number of halogens is 1. The minimum Gasteiger partial charge on any atom is -0.226 e. The van der Waals surface area contributed by atoms with Gasteiger partial charge in [-0.2, -0.15) is 0 Å². The van der Waals surface area contributed by atoms with Crippen LogP contribution in [-0.2, 0) is 0 Å². The van der Waals surface area contributed by atoms with Gasteiger partial charge in [0.25, 0.3) is 0 Å². The molecule has 0 N–H and O–H groups in total. The summed E-state index contributed by atoms with van der Waals surface area (Å²) in [6.07, 6.45) is 1.75. The lowest BCUT2D eigenvalue weighted by Gasteiger charge is -2.07. The van der Waals surface area contributed by atoms with E-state index < -0.39 is 0 Å². The van der Waals surface area contributed by atoms with Crippen molar-refractivity contribution in [3.63, 3.8) is 0 Å². The van der Waals surface area contributed by atoms with E-state index in [1.807, 2.05) is 6.92 Å². The van der Waals surface area contributed by atoms with Crippen molar-refractivity contribution in [2.75, 3.05) is 0 Å². The van der Waals surface area contributed by atoms with Gasteiger partial charge in [-0.15, -0.1) is 0 Å². The first-order valence-electron chi connectivity index (χ1n) is 5.14. The van der Waals surface area contributed by atoms with Crippen LogP contribution in [0.2, 0.25) is 5.28 Å². The molecule has 0 aliphatic rings. The summed E-state index contributed by atoms with van der Waals surface area (Å²) in [4.78, 5) is 8.24. The Balaban J connectivity index is 2.62. The van der Waals surface area contributed by atoms with Crippen LogP contribution in [-0.4, -0.2) is 9.97 Å². The minimum absolute atomic E-state index is 0.291. The normalized spacial score (nSPS) is 10.5. The van der Waals surface area contributed by atoms with Gasteiger partial charge in [0.15, 0.2) is 0 Å². The maximum absolute atomic E-state index is 5.82. The summed E-state index contributed by atoms with van der Waals surface area (Å²) in [5.41, 5.74) is 5.49. The average Bonchev–Trinajstić information content (AvgIpc) is 2.20. The molecule has 2 nitrogen and oxygen atoms in total. The molecule has 1 aromatic carbocycles. The molecule has 2 aromatic rings. The Bertz CT molecular complexity index is 515. The van der Waals surface area contributed by atoms with Gasteiger partial charge in [-0.3, -0.25) is 0 Å². The molecule has 1 aromatic heterocycles. The van der Waals surface area contributed by atoms with E-state index in [9.17, 15) is 0 Å². The molecule has 2 rings (SSSR count). The largest absolute Gasteiger partial charge is 0.226 e. The molecule has 82 valence electrons. The molecule has 0 amide bonds. The predicted octanol–water partition coefficient (Wildman–Crippen LogP) is 3.72. The Morgan fingerprint density at radius 3 is 2.25 bits per heavy atom. The number of nitrogens with zero attached hydrogens (tertiary/aromatic N) is 2. The molecule has 0 radical (unpaired) electrons. The Morgan fingerprint density at radius 1 is 1.00 bits per heavy atom. The summed E-state index contributed by atoms with van der Waals surface area (Å²) in [6, 6.07) is 6.36. The van der Waals surface area contributed by atoms with Crippen molar-refractivity contribution in [2.24, 2.45) is 0 Å². The third-order valence-corrected chi connectivity index (χ3v) is 2.62. The lowest BCUT2D eigenvalue weighted by Crippen LogP contribution is -1.92. The van der Waals surface area contributed by atoms with Crippen LogP contribution in [0.25, 0.3) is 11.3 Å². The summed E-state index contributed by atoms with van der Waals surface area (Å²) in [5, 5.41) is 0.291. The predicted molar refractivity (Wildman–Crippen MR) is 66.7 cm³/mol. The highest BCUT2D eigenvalue weighted by Crippen LogP contribution is 2.24. The third-order valence-electron chi connectivity index (χ3n) is 2.44. The molecule has 0 aliphatic heterocycles. The van der Waals surface area contributed by atoms with Crippen LogP contribution in [0.1, 0.15) is 16.7 Å². The zero-order chi connectivity index (χ0) is 11.7. The number of aryl methyl sites for hydroxylation is 3. The standard InChI is InChI=1S/C13H13ClN2/c1-8-4-9(2)6-11(5-8)12-10(3)7-15-13(14)16-12/h4-7H,1-3H3. The van der Waals surface area contributed by atoms with Crippen molar-refractivity contribution in [1.82, 2.24) is 9.97 Å². The van der Waals surface area contributed by atoms with Crippen molar-refractivity contribution in [2.45, 2.75) is 20.8 Å². The zero-order valence-corrected chi connectivity index (χ0v) is 10.3. The molecule has 0 bridgehead atoms. The molecule has 0 unspecified atom stereocenters. The number of hydrogen-bond acceptors (Lipinski definition) is 2. The van der Waals surface area contributed by atoms with E-state index in [1.54, 1.807) is 6.20 Å². The quantitative estimate of drug-likeness (QED) is 0.701. The molecule has 0 fully saturated rings. The van der Waals surface area contributed by atoms with Crippen molar-refractivity contribution in [3.8, 4) is 11.3 Å². The van der Waals surface area contributed by atoms with Gasteiger partial charge in [0, 0.05) is 11.8 Å². The third kappa shape index (κ3) is 2.22. The van der Waals surface area contributed by atoms with Crippen LogP contribution in [0.3, 0.4) is 0 Å². The second kappa shape index (κ2) is 4.22. The molecule has 0 spiro atoms. The van der Waals surface area contributed by atoms with E-state index >= 15 is 0 Å². The molecular formula is C13H13ClN2. The van der Waals surface area contributed by atoms with Gasteiger partial charge >= 0.3 is 0 Å². The molecular weight excluding hydrogens is 220 g/mol. The van der Waals surface area contributed by atoms with Gasteiger partial charge in [0.05, 0.1) is 5.69 Å². The average molecular weight is 233 g/mol. The molecule has 1 heterocycles. The summed E-state index contributed by atoms with van der Waals surface area (Å²) in [7, 11) is 0. The topological polar surface area (TPSA) is 25.8 Å².